The summed E-state index contributed by atoms with van der Waals surface area (Å²) in [5, 5.41) is 2.36. The Bertz CT molecular complexity index is 561. The molecule has 0 aliphatic carbocycles. The molecule has 2 N–H and O–H groups in total. The van der Waals surface area contributed by atoms with Crippen LogP contribution in [0.5, 0.6) is 0 Å². The van der Waals surface area contributed by atoms with Crippen molar-refractivity contribution in [3.63, 3.8) is 0 Å². The Morgan fingerprint density at radius 2 is 1.95 bits per heavy atom. The first-order valence-electron chi connectivity index (χ1n) is 6.36. The number of sulfonamides is 1. The van der Waals surface area contributed by atoms with Crippen LogP contribution in [0.25, 0.3) is 0 Å². The molecule has 8 heteroatoms. The van der Waals surface area contributed by atoms with Crippen molar-refractivity contribution >= 4 is 27.7 Å². The number of amides is 1. The van der Waals surface area contributed by atoms with Crippen molar-refractivity contribution in [1.82, 2.24) is 10.0 Å². The Kier molecular flexibility index (Phi) is 7.13. The van der Waals surface area contributed by atoms with Gasteiger partial charge in [-0.3, -0.25) is 4.79 Å². The molecule has 5 nitrogen and oxygen atoms in total. The van der Waals surface area contributed by atoms with Gasteiger partial charge in [0.1, 0.15) is 5.82 Å². The zero-order chi connectivity index (χ0) is 15.9. The molecule has 0 saturated heterocycles. The van der Waals surface area contributed by atoms with Gasteiger partial charge in [0.25, 0.3) is 0 Å². The standard InChI is InChI=1S/C13H19FN2O3S2/c1-10(20-2)13(17)15-7-8-21(18,19)16-9-11-3-5-12(14)6-4-11/h3-6,10,16H,7-9H2,1-2H3,(H,15,17)/t10-/m0/s1. The van der Waals surface area contributed by atoms with E-state index in [4.69, 9.17) is 0 Å². The molecule has 0 aromatic heterocycles. The van der Waals surface area contributed by atoms with Crippen LogP contribution in [-0.4, -0.2) is 38.1 Å². The molecule has 0 heterocycles. The van der Waals surface area contributed by atoms with Gasteiger partial charge in [-0.1, -0.05) is 12.1 Å². The zero-order valence-corrected chi connectivity index (χ0v) is 13.6. The van der Waals surface area contributed by atoms with E-state index >= 15 is 0 Å². The highest BCUT2D eigenvalue weighted by molar-refractivity contribution is 7.99. The second kappa shape index (κ2) is 8.35. The SMILES string of the molecule is CS[C@@H](C)C(=O)NCCS(=O)(=O)NCc1ccc(F)cc1. The fourth-order valence-electron chi connectivity index (χ4n) is 1.43. The molecule has 118 valence electrons. The lowest BCUT2D eigenvalue weighted by Gasteiger charge is -2.10. The van der Waals surface area contributed by atoms with Crippen molar-refractivity contribution in [3.8, 4) is 0 Å². The largest absolute Gasteiger partial charge is 0.354 e. The van der Waals surface area contributed by atoms with Crippen LogP contribution >= 0.6 is 11.8 Å². The fraction of sp³-hybridized carbons (Fsp3) is 0.462. The van der Waals surface area contributed by atoms with Gasteiger partial charge in [0.2, 0.25) is 15.9 Å². The second-order valence-electron chi connectivity index (χ2n) is 4.44. The molecule has 1 amide bonds. The van der Waals surface area contributed by atoms with Gasteiger partial charge in [0, 0.05) is 13.1 Å². The second-order valence-corrected chi connectivity index (χ2v) is 7.54. The summed E-state index contributed by atoms with van der Waals surface area (Å²) in [6.45, 7) is 1.90. The molecule has 1 aromatic carbocycles. The number of rotatable bonds is 8. The first kappa shape index (κ1) is 17.9. The Morgan fingerprint density at radius 3 is 2.52 bits per heavy atom. The maximum Gasteiger partial charge on any atom is 0.232 e. The van der Waals surface area contributed by atoms with E-state index in [1.807, 2.05) is 6.26 Å². The molecule has 0 unspecified atom stereocenters. The lowest BCUT2D eigenvalue weighted by Crippen LogP contribution is -2.37. The molecule has 0 aliphatic heterocycles. The average molecular weight is 334 g/mol. The third-order valence-corrected chi connectivity index (χ3v) is 5.05. The lowest BCUT2D eigenvalue weighted by molar-refractivity contribution is -0.120. The normalized spacial score (nSPS) is 12.9. The highest BCUT2D eigenvalue weighted by Gasteiger charge is 2.13. The van der Waals surface area contributed by atoms with E-state index in [0.717, 1.165) is 0 Å². The van der Waals surface area contributed by atoms with E-state index in [1.54, 1.807) is 6.92 Å². The van der Waals surface area contributed by atoms with E-state index in [0.29, 0.717) is 5.56 Å². The zero-order valence-electron chi connectivity index (χ0n) is 11.9. The Morgan fingerprint density at radius 1 is 1.33 bits per heavy atom. The Labute approximate surface area is 128 Å². The first-order valence-corrected chi connectivity index (χ1v) is 9.30. The molecular weight excluding hydrogens is 315 g/mol. The van der Waals surface area contributed by atoms with Crippen LogP contribution in [0.4, 0.5) is 4.39 Å². The Balaban J connectivity index is 2.37. The number of hydrogen-bond acceptors (Lipinski definition) is 4. The predicted molar refractivity (Wildman–Crippen MR) is 83.0 cm³/mol. The van der Waals surface area contributed by atoms with Crippen LogP contribution in [0.2, 0.25) is 0 Å². The summed E-state index contributed by atoms with van der Waals surface area (Å²) in [6, 6.07) is 5.57. The van der Waals surface area contributed by atoms with Gasteiger partial charge in [0.05, 0.1) is 11.0 Å². The van der Waals surface area contributed by atoms with Crippen LogP contribution in [0.3, 0.4) is 0 Å². The number of nitrogens with one attached hydrogen (secondary N) is 2. The summed E-state index contributed by atoms with van der Waals surface area (Å²) >= 11 is 1.39. The molecule has 0 fully saturated rings. The van der Waals surface area contributed by atoms with Crippen molar-refractivity contribution < 1.29 is 17.6 Å². The quantitative estimate of drug-likeness (QED) is 0.747. The van der Waals surface area contributed by atoms with Gasteiger partial charge >= 0.3 is 0 Å². The summed E-state index contributed by atoms with van der Waals surface area (Å²) < 4.78 is 38.6. The first-order chi connectivity index (χ1) is 9.84. The van der Waals surface area contributed by atoms with Crippen LogP contribution in [-0.2, 0) is 21.4 Å². The van der Waals surface area contributed by atoms with Crippen LogP contribution in [0.1, 0.15) is 12.5 Å². The maximum atomic E-state index is 12.7. The van der Waals surface area contributed by atoms with Crippen molar-refractivity contribution in [2.75, 3.05) is 18.6 Å². The maximum absolute atomic E-state index is 12.7. The minimum atomic E-state index is -3.48. The van der Waals surface area contributed by atoms with Gasteiger partial charge in [-0.2, -0.15) is 11.8 Å². The van der Waals surface area contributed by atoms with E-state index in [9.17, 15) is 17.6 Å². The lowest BCUT2D eigenvalue weighted by atomic mass is 10.2. The minimum absolute atomic E-state index is 0.0580. The van der Waals surface area contributed by atoms with E-state index in [2.05, 4.69) is 10.0 Å². The third kappa shape index (κ3) is 6.92. The number of carbonyl (C=O) groups excluding carboxylic acids is 1. The van der Waals surface area contributed by atoms with Crippen molar-refractivity contribution in [3.05, 3.63) is 35.6 Å². The molecule has 0 radical (unpaired) electrons. The summed E-state index contributed by atoms with van der Waals surface area (Å²) in [5.74, 6) is -0.746. The highest BCUT2D eigenvalue weighted by Crippen LogP contribution is 2.04. The van der Waals surface area contributed by atoms with Gasteiger partial charge < -0.3 is 5.32 Å². The summed E-state index contributed by atoms with van der Waals surface area (Å²) in [7, 11) is -3.48. The summed E-state index contributed by atoms with van der Waals surface area (Å²) in [5.41, 5.74) is 0.667. The van der Waals surface area contributed by atoms with E-state index in [1.165, 1.54) is 36.0 Å². The van der Waals surface area contributed by atoms with Crippen LogP contribution in [0.15, 0.2) is 24.3 Å². The Hall–Kier alpha value is -1.12. The molecule has 1 atom stereocenters. The molecule has 21 heavy (non-hydrogen) atoms. The molecule has 0 spiro atoms. The van der Waals surface area contributed by atoms with Gasteiger partial charge in [-0.05, 0) is 30.9 Å². The average Bonchev–Trinajstić information content (AvgIpc) is 2.45. The van der Waals surface area contributed by atoms with Crippen LogP contribution in [0, 0.1) is 5.82 Å². The predicted octanol–water partition coefficient (Wildman–Crippen LogP) is 1.11. The third-order valence-electron chi connectivity index (χ3n) is 2.80. The van der Waals surface area contributed by atoms with E-state index in [-0.39, 0.29) is 35.8 Å². The fourth-order valence-corrected chi connectivity index (χ4v) is 2.63. The highest BCUT2D eigenvalue weighted by atomic mass is 32.2. The van der Waals surface area contributed by atoms with Gasteiger partial charge in [-0.15, -0.1) is 0 Å². The van der Waals surface area contributed by atoms with Crippen molar-refractivity contribution in [1.29, 1.82) is 0 Å². The van der Waals surface area contributed by atoms with E-state index < -0.39 is 10.0 Å². The van der Waals surface area contributed by atoms with Crippen LogP contribution < -0.4 is 10.0 Å². The molecule has 0 saturated carbocycles. The topological polar surface area (TPSA) is 75.3 Å². The number of hydrogen-bond donors (Lipinski definition) is 2. The minimum Gasteiger partial charge on any atom is -0.354 e. The molecule has 1 aromatic rings. The van der Waals surface area contributed by atoms with Crippen molar-refractivity contribution in [2.24, 2.45) is 0 Å². The molecule has 0 aliphatic rings. The number of halogens is 1. The molecule has 1 rings (SSSR count). The summed E-state index contributed by atoms with van der Waals surface area (Å²) in [4.78, 5) is 11.5. The van der Waals surface area contributed by atoms with Gasteiger partial charge in [0.15, 0.2) is 0 Å². The number of thioether (sulfide) groups is 1. The smallest absolute Gasteiger partial charge is 0.232 e. The molecular formula is C13H19FN2O3S2. The number of benzene rings is 1. The molecule has 0 bridgehead atoms. The number of carbonyl (C=O) groups is 1. The van der Waals surface area contributed by atoms with Gasteiger partial charge in [-0.25, -0.2) is 17.5 Å². The monoisotopic (exact) mass is 334 g/mol. The van der Waals surface area contributed by atoms with Crippen molar-refractivity contribution in [2.45, 2.75) is 18.7 Å². The summed E-state index contributed by atoms with van der Waals surface area (Å²) in [6.07, 6.45) is 1.81.